The molecule has 3 heteroatoms. The van der Waals surface area contributed by atoms with Crippen molar-refractivity contribution in [2.24, 2.45) is 0 Å². The van der Waals surface area contributed by atoms with Crippen LogP contribution in [0.15, 0.2) is 30.7 Å². The lowest BCUT2D eigenvalue weighted by Gasteiger charge is -2.06. The minimum Gasteiger partial charge on any atom is -0.300 e. The molecule has 0 aliphatic rings. The summed E-state index contributed by atoms with van der Waals surface area (Å²) in [7, 11) is 0. The van der Waals surface area contributed by atoms with Crippen LogP contribution in [-0.2, 0) is 11.2 Å². The minimum atomic E-state index is 0.334. The fourth-order valence-corrected chi connectivity index (χ4v) is 3.72. The van der Waals surface area contributed by atoms with Gasteiger partial charge in [0.15, 0.2) is 0 Å². The van der Waals surface area contributed by atoms with E-state index < -0.39 is 0 Å². The van der Waals surface area contributed by atoms with Crippen LogP contribution >= 0.6 is 0 Å². The highest BCUT2D eigenvalue weighted by atomic mass is 16.1. The Balaban J connectivity index is 1.41. The molecule has 148 valence electrons. The molecule has 2 heterocycles. The molecule has 0 radical (unpaired) electrons. The molecule has 2 aromatic rings. The second-order valence-electron chi connectivity index (χ2n) is 7.81. The topological polar surface area (TPSA) is 42.9 Å². The molecule has 0 aliphatic heterocycles. The molecule has 2 rings (SSSR count). The molecule has 0 atom stereocenters. The zero-order valence-corrected chi connectivity index (χ0v) is 17.1. The Labute approximate surface area is 165 Å². The second-order valence-corrected chi connectivity index (χ2v) is 7.81. The maximum atomic E-state index is 10.9. The predicted octanol–water partition coefficient (Wildman–Crippen LogP) is 6.83. The summed E-state index contributed by atoms with van der Waals surface area (Å²) in [4.78, 5) is 19.5. The van der Waals surface area contributed by atoms with Crippen molar-refractivity contribution >= 4 is 16.7 Å². The second kappa shape index (κ2) is 13.4. The van der Waals surface area contributed by atoms with Gasteiger partial charge in [-0.1, -0.05) is 64.2 Å². The van der Waals surface area contributed by atoms with Crippen molar-refractivity contribution in [1.29, 1.82) is 0 Å². The summed E-state index contributed by atoms with van der Waals surface area (Å²) in [5, 5.41) is 1.21. The number of nitrogens with zero attached hydrogens (tertiary/aromatic N) is 2. The van der Waals surface area contributed by atoms with Gasteiger partial charge in [-0.25, -0.2) is 0 Å². The highest BCUT2D eigenvalue weighted by Crippen LogP contribution is 2.18. The van der Waals surface area contributed by atoms with Crippen LogP contribution in [-0.4, -0.2) is 15.8 Å². The number of fused-ring (bicyclic) bond motifs is 1. The number of hydrogen-bond donors (Lipinski definition) is 0. The van der Waals surface area contributed by atoms with Crippen molar-refractivity contribution in [2.75, 3.05) is 0 Å². The Morgan fingerprint density at radius 3 is 2.00 bits per heavy atom. The summed E-state index contributed by atoms with van der Waals surface area (Å²) in [6.45, 7) is 1.69. The van der Waals surface area contributed by atoms with Gasteiger partial charge in [-0.15, -0.1) is 0 Å². The van der Waals surface area contributed by atoms with Crippen molar-refractivity contribution in [2.45, 2.75) is 96.8 Å². The molecular formula is C24H36N2O. The normalized spacial score (nSPS) is 11.1. The standard InChI is InChI=1S/C24H36N2O/c1-21(27)14-12-10-8-6-4-2-3-5-7-9-11-13-15-22-16-19-26-24-17-18-25-20-23(22)24/h16-20H,2-15H2,1H3. The van der Waals surface area contributed by atoms with Crippen LogP contribution < -0.4 is 0 Å². The summed E-state index contributed by atoms with van der Waals surface area (Å²) in [5.74, 6) is 0.334. The van der Waals surface area contributed by atoms with Crippen LogP contribution in [0.3, 0.4) is 0 Å². The molecule has 0 fully saturated rings. The third-order valence-electron chi connectivity index (χ3n) is 5.36. The zero-order chi connectivity index (χ0) is 19.2. The maximum Gasteiger partial charge on any atom is 0.129 e. The molecule has 0 aromatic carbocycles. The number of aryl methyl sites for hydroxylation is 1. The highest BCUT2D eigenvalue weighted by molar-refractivity contribution is 5.80. The van der Waals surface area contributed by atoms with Crippen molar-refractivity contribution in [3.63, 3.8) is 0 Å². The van der Waals surface area contributed by atoms with Gasteiger partial charge in [0.05, 0.1) is 5.52 Å². The van der Waals surface area contributed by atoms with Crippen molar-refractivity contribution in [1.82, 2.24) is 9.97 Å². The van der Waals surface area contributed by atoms with Gasteiger partial charge >= 0.3 is 0 Å². The quantitative estimate of drug-likeness (QED) is 0.323. The van der Waals surface area contributed by atoms with Crippen LogP contribution in [0.5, 0.6) is 0 Å². The SMILES string of the molecule is CC(=O)CCCCCCCCCCCCCCc1ccnc2ccncc12. The Bertz CT molecular complexity index is 663. The third kappa shape index (κ3) is 9.12. The molecule has 0 saturated heterocycles. The number of ketones is 1. The lowest BCUT2D eigenvalue weighted by Crippen LogP contribution is -1.91. The molecule has 0 unspecified atom stereocenters. The van der Waals surface area contributed by atoms with Gasteiger partial charge in [-0.05, 0) is 43.9 Å². The zero-order valence-electron chi connectivity index (χ0n) is 17.1. The molecule has 0 saturated carbocycles. The molecule has 27 heavy (non-hydrogen) atoms. The van der Waals surface area contributed by atoms with E-state index in [0.717, 1.165) is 24.8 Å². The summed E-state index contributed by atoms with van der Waals surface area (Å²) in [5.41, 5.74) is 2.44. The molecule has 3 nitrogen and oxygen atoms in total. The van der Waals surface area contributed by atoms with E-state index in [-0.39, 0.29) is 0 Å². The van der Waals surface area contributed by atoms with Gasteiger partial charge in [0.2, 0.25) is 0 Å². The van der Waals surface area contributed by atoms with Crippen LogP contribution in [0.2, 0.25) is 0 Å². The molecule has 0 aliphatic carbocycles. The Hall–Kier alpha value is -1.77. The number of Topliss-reactive ketones (excluding diaryl/α,β-unsaturated/α-hetero) is 1. The Morgan fingerprint density at radius 1 is 0.778 bits per heavy atom. The van der Waals surface area contributed by atoms with Gasteiger partial charge in [0.25, 0.3) is 0 Å². The minimum absolute atomic E-state index is 0.334. The van der Waals surface area contributed by atoms with Crippen LogP contribution in [0.4, 0.5) is 0 Å². The number of pyridine rings is 2. The van der Waals surface area contributed by atoms with E-state index in [4.69, 9.17) is 0 Å². The first-order chi connectivity index (χ1) is 13.3. The number of unbranched alkanes of at least 4 members (excludes halogenated alkanes) is 11. The van der Waals surface area contributed by atoms with Crippen molar-refractivity contribution in [3.05, 3.63) is 36.3 Å². The first kappa shape index (κ1) is 21.5. The summed E-state index contributed by atoms with van der Waals surface area (Å²) in [6.07, 6.45) is 23.3. The monoisotopic (exact) mass is 368 g/mol. The third-order valence-corrected chi connectivity index (χ3v) is 5.36. The van der Waals surface area contributed by atoms with Gasteiger partial charge < -0.3 is 4.79 Å². The smallest absolute Gasteiger partial charge is 0.129 e. The molecule has 2 aromatic heterocycles. The molecular weight excluding hydrogens is 332 g/mol. The van der Waals surface area contributed by atoms with Gasteiger partial charge in [-0.3, -0.25) is 9.97 Å². The van der Waals surface area contributed by atoms with E-state index >= 15 is 0 Å². The first-order valence-electron chi connectivity index (χ1n) is 10.9. The Morgan fingerprint density at radius 2 is 1.37 bits per heavy atom. The Kier molecular flexibility index (Phi) is 10.7. The number of carbonyl (C=O) groups excluding carboxylic acids is 1. The van der Waals surface area contributed by atoms with Crippen LogP contribution in [0.25, 0.3) is 10.9 Å². The van der Waals surface area contributed by atoms with E-state index in [1.165, 1.54) is 81.6 Å². The van der Waals surface area contributed by atoms with Crippen molar-refractivity contribution in [3.8, 4) is 0 Å². The summed E-state index contributed by atoms with van der Waals surface area (Å²) >= 11 is 0. The predicted molar refractivity (Wildman–Crippen MR) is 114 cm³/mol. The van der Waals surface area contributed by atoms with E-state index in [0.29, 0.717) is 5.78 Å². The highest BCUT2D eigenvalue weighted by Gasteiger charge is 2.02. The number of aromatic nitrogens is 2. The summed E-state index contributed by atoms with van der Waals surface area (Å²) < 4.78 is 0. The first-order valence-corrected chi connectivity index (χ1v) is 10.9. The molecule has 0 amide bonds. The lowest BCUT2D eigenvalue weighted by atomic mass is 10.0. The van der Waals surface area contributed by atoms with Gasteiger partial charge in [0.1, 0.15) is 5.78 Å². The van der Waals surface area contributed by atoms with Crippen LogP contribution in [0.1, 0.15) is 96.0 Å². The molecule has 0 spiro atoms. The molecule has 0 bridgehead atoms. The number of rotatable bonds is 15. The van der Waals surface area contributed by atoms with Gasteiger partial charge in [-0.2, -0.15) is 0 Å². The number of carbonyl (C=O) groups is 1. The lowest BCUT2D eigenvalue weighted by molar-refractivity contribution is -0.117. The largest absolute Gasteiger partial charge is 0.300 e. The van der Waals surface area contributed by atoms with Crippen molar-refractivity contribution < 1.29 is 4.79 Å². The van der Waals surface area contributed by atoms with Crippen LogP contribution in [0, 0.1) is 0 Å². The van der Waals surface area contributed by atoms with Gasteiger partial charge in [0, 0.05) is 30.4 Å². The number of hydrogen-bond acceptors (Lipinski definition) is 3. The average molecular weight is 369 g/mol. The van der Waals surface area contributed by atoms with E-state index in [9.17, 15) is 4.79 Å². The van der Waals surface area contributed by atoms with E-state index in [1.54, 1.807) is 6.92 Å². The fourth-order valence-electron chi connectivity index (χ4n) is 3.72. The van der Waals surface area contributed by atoms with E-state index in [2.05, 4.69) is 16.0 Å². The maximum absolute atomic E-state index is 10.9. The molecule has 0 N–H and O–H groups in total. The average Bonchev–Trinajstić information content (AvgIpc) is 2.68. The summed E-state index contributed by atoms with van der Waals surface area (Å²) in [6, 6.07) is 4.13. The van der Waals surface area contributed by atoms with E-state index in [1.807, 2.05) is 24.7 Å². The fraction of sp³-hybridized carbons (Fsp3) is 0.625.